The zero-order valence-electron chi connectivity index (χ0n) is 18.8. The SMILES string of the molecule is CCc1cc2cc(C(CCN(C)C)c3cccc(C(C)(F)CC)c3)ccc2[nH]c1=O.[HH]. The second-order valence-electron chi connectivity index (χ2n) is 8.64. The first-order valence-corrected chi connectivity index (χ1v) is 10.8. The summed E-state index contributed by atoms with van der Waals surface area (Å²) in [4.78, 5) is 17.3. The molecule has 0 saturated heterocycles. The van der Waals surface area contributed by atoms with Crippen LogP contribution in [0.5, 0.6) is 0 Å². The molecule has 0 aliphatic rings. The van der Waals surface area contributed by atoms with Crippen LogP contribution in [0.2, 0.25) is 0 Å². The Balaban J connectivity index is 0.00000341. The van der Waals surface area contributed by atoms with Crippen LogP contribution in [-0.4, -0.2) is 30.5 Å². The first-order chi connectivity index (χ1) is 14.2. The molecular weight excluding hydrogens is 375 g/mol. The van der Waals surface area contributed by atoms with E-state index in [1.54, 1.807) is 6.92 Å². The topological polar surface area (TPSA) is 36.1 Å². The highest BCUT2D eigenvalue weighted by Gasteiger charge is 2.25. The molecule has 0 aliphatic heterocycles. The van der Waals surface area contributed by atoms with Crippen LogP contribution in [0.3, 0.4) is 0 Å². The molecule has 3 aromatic rings. The summed E-state index contributed by atoms with van der Waals surface area (Å²) in [6, 6.07) is 16.2. The lowest BCUT2D eigenvalue weighted by atomic mass is 9.84. The van der Waals surface area contributed by atoms with Gasteiger partial charge in [0.15, 0.2) is 0 Å². The molecular formula is C26H35FN2O. The lowest BCUT2D eigenvalue weighted by Gasteiger charge is -2.24. The molecule has 162 valence electrons. The summed E-state index contributed by atoms with van der Waals surface area (Å²) in [5, 5.41) is 1.04. The molecule has 0 fully saturated rings. The number of fused-ring (bicyclic) bond motifs is 1. The van der Waals surface area contributed by atoms with E-state index in [-0.39, 0.29) is 12.9 Å². The molecule has 4 heteroatoms. The van der Waals surface area contributed by atoms with Crippen LogP contribution < -0.4 is 5.56 Å². The van der Waals surface area contributed by atoms with E-state index in [4.69, 9.17) is 0 Å². The third kappa shape index (κ3) is 4.81. The van der Waals surface area contributed by atoms with Crippen molar-refractivity contribution in [2.75, 3.05) is 20.6 Å². The first-order valence-electron chi connectivity index (χ1n) is 10.8. The van der Waals surface area contributed by atoms with Crippen LogP contribution in [0, 0.1) is 0 Å². The summed E-state index contributed by atoms with van der Waals surface area (Å²) in [5.41, 5.74) is 3.35. The van der Waals surface area contributed by atoms with E-state index in [2.05, 4.69) is 42.2 Å². The number of nitrogens with one attached hydrogen (secondary N) is 1. The quantitative estimate of drug-likeness (QED) is 0.493. The van der Waals surface area contributed by atoms with E-state index in [1.807, 2.05) is 44.2 Å². The Morgan fingerprint density at radius 2 is 1.83 bits per heavy atom. The van der Waals surface area contributed by atoms with Crippen LogP contribution in [-0.2, 0) is 12.1 Å². The number of rotatable bonds is 8. The van der Waals surface area contributed by atoms with Gasteiger partial charge >= 0.3 is 0 Å². The molecule has 30 heavy (non-hydrogen) atoms. The first kappa shape index (κ1) is 22.2. The highest BCUT2D eigenvalue weighted by Crippen LogP contribution is 2.35. The summed E-state index contributed by atoms with van der Waals surface area (Å²) in [6.07, 6.45) is 2.08. The van der Waals surface area contributed by atoms with Crippen LogP contribution in [0.1, 0.15) is 63.2 Å². The average molecular weight is 411 g/mol. The van der Waals surface area contributed by atoms with Crippen LogP contribution >= 0.6 is 0 Å². The Morgan fingerprint density at radius 3 is 2.50 bits per heavy atom. The van der Waals surface area contributed by atoms with Gasteiger partial charge in [0.2, 0.25) is 0 Å². The lowest BCUT2D eigenvalue weighted by Crippen LogP contribution is -2.18. The number of hydrogen-bond donors (Lipinski definition) is 1. The Bertz CT molecular complexity index is 1070. The minimum Gasteiger partial charge on any atom is -0.322 e. The van der Waals surface area contributed by atoms with Crippen molar-refractivity contribution in [2.24, 2.45) is 0 Å². The number of nitrogens with zero attached hydrogens (tertiary/aromatic N) is 1. The normalized spacial score (nSPS) is 14.8. The summed E-state index contributed by atoms with van der Waals surface area (Å²) in [6.45, 7) is 6.46. The molecule has 3 nitrogen and oxygen atoms in total. The molecule has 0 saturated carbocycles. The van der Waals surface area contributed by atoms with Gasteiger partial charge in [0, 0.05) is 18.4 Å². The smallest absolute Gasteiger partial charge is 0.251 e. The Hall–Kier alpha value is -2.46. The molecule has 2 aromatic carbocycles. The monoisotopic (exact) mass is 410 g/mol. The fourth-order valence-electron chi connectivity index (χ4n) is 3.95. The molecule has 1 heterocycles. The average Bonchev–Trinajstić information content (AvgIpc) is 2.73. The van der Waals surface area contributed by atoms with E-state index < -0.39 is 5.67 Å². The molecule has 0 radical (unpaired) electrons. The number of alkyl halides is 1. The number of aryl methyl sites for hydroxylation is 1. The van der Waals surface area contributed by atoms with E-state index >= 15 is 0 Å². The van der Waals surface area contributed by atoms with Crippen molar-refractivity contribution in [3.63, 3.8) is 0 Å². The van der Waals surface area contributed by atoms with Crippen molar-refractivity contribution in [1.29, 1.82) is 0 Å². The van der Waals surface area contributed by atoms with Crippen molar-refractivity contribution >= 4 is 10.9 Å². The Morgan fingerprint density at radius 1 is 1.10 bits per heavy atom. The number of halogens is 1. The number of aromatic nitrogens is 1. The van der Waals surface area contributed by atoms with Crippen molar-refractivity contribution in [1.82, 2.24) is 9.88 Å². The van der Waals surface area contributed by atoms with Crippen LogP contribution in [0.25, 0.3) is 10.9 Å². The van der Waals surface area contributed by atoms with Crippen LogP contribution in [0.15, 0.2) is 53.3 Å². The third-order valence-electron chi connectivity index (χ3n) is 6.15. The molecule has 1 aromatic heterocycles. The van der Waals surface area contributed by atoms with Crippen LogP contribution in [0.4, 0.5) is 4.39 Å². The fraction of sp³-hybridized carbons (Fsp3) is 0.423. The summed E-state index contributed by atoms with van der Waals surface area (Å²) >= 11 is 0. The molecule has 1 N–H and O–H groups in total. The largest absolute Gasteiger partial charge is 0.322 e. The number of hydrogen-bond acceptors (Lipinski definition) is 2. The highest BCUT2D eigenvalue weighted by molar-refractivity contribution is 5.80. The molecule has 0 amide bonds. The summed E-state index contributed by atoms with van der Waals surface area (Å²) in [7, 11) is 4.14. The van der Waals surface area contributed by atoms with Crippen molar-refractivity contribution in [2.45, 2.75) is 51.6 Å². The maximum absolute atomic E-state index is 15.0. The zero-order valence-corrected chi connectivity index (χ0v) is 18.8. The van der Waals surface area contributed by atoms with Gasteiger partial charge in [-0.25, -0.2) is 4.39 Å². The van der Waals surface area contributed by atoms with E-state index in [1.165, 1.54) is 5.56 Å². The highest BCUT2D eigenvalue weighted by atomic mass is 19.1. The maximum atomic E-state index is 15.0. The predicted octanol–water partition coefficient (Wildman–Crippen LogP) is 6.01. The van der Waals surface area contributed by atoms with Gasteiger partial charge in [-0.05, 0) is 87.1 Å². The van der Waals surface area contributed by atoms with Gasteiger partial charge in [-0.15, -0.1) is 0 Å². The third-order valence-corrected chi connectivity index (χ3v) is 6.15. The minimum atomic E-state index is -1.33. The fourth-order valence-corrected chi connectivity index (χ4v) is 3.95. The maximum Gasteiger partial charge on any atom is 0.251 e. The lowest BCUT2D eigenvalue weighted by molar-refractivity contribution is 0.185. The van der Waals surface area contributed by atoms with Gasteiger partial charge < -0.3 is 9.88 Å². The molecule has 0 aliphatic carbocycles. The molecule has 0 spiro atoms. The molecule has 0 bridgehead atoms. The zero-order chi connectivity index (χ0) is 21.9. The molecule has 3 rings (SSSR count). The van der Waals surface area contributed by atoms with E-state index in [0.717, 1.165) is 40.6 Å². The molecule has 2 atom stereocenters. The molecule has 2 unspecified atom stereocenters. The Labute approximate surface area is 180 Å². The predicted molar refractivity (Wildman–Crippen MR) is 126 cm³/mol. The second kappa shape index (κ2) is 9.13. The number of benzene rings is 2. The van der Waals surface area contributed by atoms with Gasteiger partial charge in [-0.1, -0.05) is 44.2 Å². The van der Waals surface area contributed by atoms with Gasteiger partial charge in [0.1, 0.15) is 5.67 Å². The van der Waals surface area contributed by atoms with Crippen molar-refractivity contribution in [3.05, 3.63) is 81.1 Å². The number of aromatic amines is 1. The van der Waals surface area contributed by atoms with Crippen molar-refractivity contribution < 1.29 is 5.82 Å². The Kier molecular flexibility index (Phi) is 6.77. The van der Waals surface area contributed by atoms with E-state index in [9.17, 15) is 9.18 Å². The van der Waals surface area contributed by atoms with Gasteiger partial charge in [-0.3, -0.25) is 4.79 Å². The summed E-state index contributed by atoms with van der Waals surface area (Å²) in [5.74, 6) is 0.154. The van der Waals surface area contributed by atoms with E-state index in [0.29, 0.717) is 12.8 Å². The second-order valence-corrected chi connectivity index (χ2v) is 8.64. The van der Waals surface area contributed by atoms with Gasteiger partial charge in [0.05, 0.1) is 0 Å². The van der Waals surface area contributed by atoms with Gasteiger partial charge in [0.25, 0.3) is 5.56 Å². The summed E-state index contributed by atoms with van der Waals surface area (Å²) < 4.78 is 15.0. The van der Waals surface area contributed by atoms with Crippen molar-refractivity contribution in [3.8, 4) is 0 Å². The minimum absolute atomic E-state index is 0. The number of H-pyrrole nitrogens is 1. The number of pyridine rings is 1. The van der Waals surface area contributed by atoms with Gasteiger partial charge in [-0.2, -0.15) is 0 Å². The standard InChI is InChI=1S/C26H33FN2O.H2/c1-6-18-15-21-16-20(11-12-24(21)28-25(18)30)23(13-14-29(4)5)19-9-8-10-22(17-19)26(3,27)7-2;/h8-12,15-17,23H,6-7,13-14H2,1-5H3,(H,28,30);1H.